The largest absolute Gasteiger partial charge is 0.387 e. The average Bonchev–Trinajstić information content (AvgIpc) is 2.85. The van der Waals surface area contributed by atoms with E-state index in [-0.39, 0.29) is 12.3 Å². The van der Waals surface area contributed by atoms with Crippen molar-refractivity contribution in [3.63, 3.8) is 0 Å². The van der Waals surface area contributed by atoms with E-state index in [9.17, 15) is 8.78 Å². The summed E-state index contributed by atoms with van der Waals surface area (Å²) in [4.78, 5) is 4.93. The molecule has 0 aliphatic carbocycles. The first-order valence-electron chi connectivity index (χ1n) is 5.70. The smallest absolute Gasteiger partial charge is 0.264 e. The van der Waals surface area contributed by atoms with E-state index in [1.807, 2.05) is 12.1 Å². The lowest BCUT2D eigenvalue weighted by molar-refractivity contribution is -0.00754. The van der Waals surface area contributed by atoms with Crippen molar-refractivity contribution >= 4 is 23.4 Å². The Labute approximate surface area is 123 Å². The van der Waals surface area contributed by atoms with E-state index in [4.69, 9.17) is 21.2 Å². The number of aliphatic hydroxyl groups excluding tert-OH is 1. The van der Waals surface area contributed by atoms with Gasteiger partial charge in [0.1, 0.15) is 6.10 Å². The molecule has 4 nitrogen and oxygen atoms in total. The number of benzene rings is 1. The van der Waals surface area contributed by atoms with E-state index >= 15 is 0 Å². The maximum absolute atomic E-state index is 12.2. The zero-order chi connectivity index (χ0) is 14.5. The quantitative estimate of drug-likeness (QED) is 0.828. The van der Waals surface area contributed by atoms with Gasteiger partial charge >= 0.3 is 0 Å². The molecule has 1 heterocycles. The van der Waals surface area contributed by atoms with Crippen LogP contribution in [0.4, 0.5) is 8.78 Å². The highest BCUT2D eigenvalue weighted by atomic mass is 35.5. The standard InChI is InChI=1S/C12H11ClF2N2O2S/c13-7-1-3-8(4-2-7)20-6-10-16-11(19-17-10)5-9(18)12(14)15/h1-4,9,12,18H,5-6H2. The Morgan fingerprint density at radius 1 is 1.30 bits per heavy atom. The molecule has 1 aromatic carbocycles. The van der Waals surface area contributed by atoms with Crippen LogP contribution in [0, 0.1) is 0 Å². The van der Waals surface area contributed by atoms with Crippen LogP contribution >= 0.6 is 23.4 Å². The summed E-state index contributed by atoms with van der Waals surface area (Å²) in [6, 6.07) is 7.25. The molecule has 1 N–H and O–H groups in total. The first-order valence-corrected chi connectivity index (χ1v) is 7.07. The molecule has 1 aromatic heterocycles. The monoisotopic (exact) mass is 320 g/mol. The molecule has 0 fully saturated rings. The first-order chi connectivity index (χ1) is 9.54. The van der Waals surface area contributed by atoms with Crippen LogP contribution in [-0.4, -0.2) is 27.8 Å². The molecule has 0 spiro atoms. The highest BCUT2D eigenvalue weighted by molar-refractivity contribution is 7.98. The van der Waals surface area contributed by atoms with Crippen LogP contribution in [-0.2, 0) is 12.2 Å². The Bertz CT molecular complexity index is 551. The molecule has 0 saturated heterocycles. The number of alkyl halides is 2. The van der Waals surface area contributed by atoms with E-state index < -0.39 is 12.5 Å². The van der Waals surface area contributed by atoms with Crippen LogP contribution in [0.2, 0.25) is 5.02 Å². The van der Waals surface area contributed by atoms with E-state index in [1.165, 1.54) is 11.8 Å². The van der Waals surface area contributed by atoms with E-state index in [1.54, 1.807) is 12.1 Å². The number of hydrogen-bond acceptors (Lipinski definition) is 5. The summed E-state index contributed by atoms with van der Waals surface area (Å²) in [5, 5.41) is 13.3. The Morgan fingerprint density at radius 2 is 2.00 bits per heavy atom. The fourth-order valence-electron chi connectivity index (χ4n) is 1.38. The second kappa shape index (κ2) is 7.01. The molecule has 108 valence electrons. The summed E-state index contributed by atoms with van der Waals surface area (Å²) in [6.45, 7) is 0. The Morgan fingerprint density at radius 3 is 2.65 bits per heavy atom. The van der Waals surface area contributed by atoms with Crippen molar-refractivity contribution in [1.82, 2.24) is 10.1 Å². The number of halogens is 3. The van der Waals surface area contributed by atoms with Crippen molar-refractivity contribution in [2.24, 2.45) is 0 Å². The fraction of sp³-hybridized carbons (Fsp3) is 0.333. The van der Waals surface area contributed by atoms with E-state index in [0.717, 1.165) is 4.90 Å². The van der Waals surface area contributed by atoms with Gasteiger partial charge in [-0.05, 0) is 24.3 Å². The van der Waals surface area contributed by atoms with Crippen molar-refractivity contribution in [1.29, 1.82) is 0 Å². The summed E-state index contributed by atoms with van der Waals surface area (Å²) in [7, 11) is 0. The van der Waals surface area contributed by atoms with Gasteiger partial charge in [-0.1, -0.05) is 16.8 Å². The van der Waals surface area contributed by atoms with Gasteiger partial charge in [0.2, 0.25) is 5.89 Å². The molecule has 0 saturated carbocycles. The van der Waals surface area contributed by atoms with E-state index in [0.29, 0.717) is 16.6 Å². The molecule has 2 aromatic rings. The van der Waals surface area contributed by atoms with Gasteiger partial charge in [0.15, 0.2) is 5.82 Å². The maximum atomic E-state index is 12.2. The van der Waals surface area contributed by atoms with Gasteiger partial charge in [-0.2, -0.15) is 4.98 Å². The third kappa shape index (κ3) is 4.43. The Hall–Kier alpha value is -1.18. The van der Waals surface area contributed by atoms with Crippen LogP contribution in [0.15, 0.2) is 33.7 Å². The molecule has 20 heavy (non-hydrogen) atoms. The molecule has 0 radical (unpaired) electrons. The lowest BCUT2D eigenvalue weighted by Crippen LogP contribution is -2.20. The molecular formula is C12H11ClF2N2O2S. The minimum Gasteiger partial charge on any atom is -0.387 e. The number of thioether (sulfide) groups is 1. The number of nitrogens with zero attached hydrogens (tertiary/aromatic N) is 2. The van der Waals surface area contributed by atoms with Gasteiger partial charge in [-0.15, -0.1) is 11.8 Å². The lowest BCUT2D eigenvalue weighted by atomic mass is 10.2. The zero-order valence-corrected chi connectivity index (χ0v) is 11.7. The SMILES string of the molecule is OC(Cc1nc(CSc2ccc(Cl)cc2)no1)C(F)F. The first kappa shape index (κ1) is 15.2. The Kier molecular flexibility index (Phi) is 5.33. The van der Waals surface area contributed by atoms with Crippen molar-refractivity contribution in [3.05, 3.63) is 41.0 Å². The van der Waals surface area contributed by atoms with Crippen LogP contribution < -0.4 is 0 Å². The van der Waals surface area contributed by atoms with Gasteiger partial charge in [0.05, 0.1) is 12.2 Å². The van der Waals surface area contributed by atoms with Gasteiger partial charge < -0.3 is 9.63 Å². The fourth-order valence-corrected chi connectivity index (χ4v) is 2.25. The Balaban J connectivity index is 1.88. The molecule has 1 unspecified atom stereocenters. The van der Waals surface area contributed by atoms with Crippen molar-refractivity contribution in [2.75, 3.05) is 0 Å². The number of hydrogen-bond donors (Lipinski definition) is 1. The lowest BCUT2D eigenvalue weighted by Gasteiger charge is -2.04. The molecule has 0 amide bonds. The second-order valence-corrected chi connectivity index (χ2v) is 5.44. The molecule has 0 aliphatic heterocycles. The summed E-state index contributed by atoms with van der Waals surface area (Å²) in [6.07, 6.45) is -4.96. The van der Waals surface area contributed by atoms with Crippen LogP contribution in [0.5, 0.6) is 0 Å². The van der Waals surface area contributed by atoms with Crippen molar-refractivity contribution < 1.29 is 18.4 Å². The summed E-state index contributed by atoms with van der Waals surface area (Å²) >= 11 is 7.24. The highest BCUT2D eigenvalue weighted by Crippen LogP contribution is 2.23. The average molecular weight is 321 g/mol. The maximum Gasteiger partial charge on any atom is 0.264 e. The number of aromatic nitrogens is 2. The molecule has 1 atom stereocenters. The van der Waals surface area contributed by atoms with E-state index in [2.05, 4.69) is 10.1 Å². The van der Waals surface area contributed by atoms with Crippen molar-refractivity contribution in [2.45, 2.75) is 29.6 Å². The summed E-state index contributed by atoms with van der Waals surface area (Å²) in [5.74, 6) is 0.835. The van der Waals surface area contributed by atoms with Crippen molar-refractivity contribution in [3.8, 4) is 0 Å². The molecule has 8 heteroatoms. The topological polar surface area (TPSA) is 59.2 Å². The third-order valence-corrected chi connectivity index (χ3v) is 3.63. The minimum atomic E-state index is -2.83. The predicted octanol–water partition coefficient (Wildman–Crippen LogP) is 3.18. The van der Waals surface area contributed by atoms with Gasteiger partial charge in [-0.3, -0.25) is 0 Å². The molecule has 0 bridgehead atoms. The van der Waals surface area contributed by atoms with Gasteiger partial charge in [0, 0.05) is 9.92 Å². The summed E-state index contributed by atoms with van der Waals surface area (Å²) < 4.78 is 29.1. The number of aliphatic hydroxyl groups is 1. The zero-order valence-electron chi connectivity index (χ0n) is 10.2. The highest BCUT2D eigenvalue weighted by Gasteiger charge is 2.20. The van der Waals surface area contributed by atoms with Crippen LogP contribution in [0.1, 0.15) is 11.7 Å². The normalized spacial score (nSPS) is 12.8. The van der Waals surface area contributed by atoms with Gasteiger partial charge in [0.25, 0.3) is 6.43 Å². The van der Waals surface area contributed by atoms with Crippen LogP contribution in [0.3, 0.4) is 0 Å². The minimum absolute atomic E-state index is 0.00417. The van der Waals surface area contributed by atoms with Crippen LogP contribution in [0.25, 0.3) is 0 Å². The summed E-state index contributed by atoms with van der Waals surface area (Å²) in [5.41, 5.74) is 0. The predicted molar refractivity (Wildman–Crippen MR) is 71.0 cm³/mol. The van der Waals surface area contributed by atoms with Gasteiger partial charge in [-0.25, -0.2) is 8.78 Å². The third-order valence-electron chi connectivity index (χ3n) is 2.37. The molecule has 2 rings (SSSR count). The molecule has 0 aliphatic rings. The number of rotatable bonds is 6. The molecular weight excluding hydrogens is 310 g/mol. The second-order valence-electron chi connectivity index (χ2n) is 3.95.